The standard InChI is InChI=1S/C19H20ClFNO3PS/c1-22-9-8-19(27(23,24)14-4-2-13(20)3-5-14)12(10-22)11-25-18-15(21)6-7-16(26)17(18)19/h2-7,12H,8-11,26H2,1H3/t12?,19-/m0/s1. The second-order valence-electron chi connectivity index (χ2n) is 7.21. The van der Waals surface area contributed by atoms with Crippen molar-refractivity contribution in [3.05, 3.63) is 52.8 Å². The lowest BCUT2D eigenvalue weighted by atomic mass is 9.77. The average molecular weight is 428 g/mol. The molecule has 2 heterocycles. The third-order valence-electron chi connectivity index (χ3n) is 5.65. The van der Waals surface area contributed by atoms with E-state index in [0.29, 0.717) is 35.4 Å². The Morgan fingerprint density at radius 3 is 2.67 bits per heavy atom. The molecule has 3 atom stereocenters. The number of likely N-dealkylation sites (tertiary alicyclic amines) is 1. The molecule has 0 bridgehead atoms. The predicted octanol–water partition coefficient (Wildman–Crippen LogP) is 2.99. The summed E-state index contributed by atoms with van der Waals surface area (Å²) in [6.07, 6.45) is 0.375. The Hall–Kier alpha value is -1.20. The minimum absolute atomic E-state index is 0.0563. The van der Waals surface area contributed by atoms with Crippen molar-refractivity contribution in [3.63, 3.8) is 0 Å². The second kappa shape index (κ2) is 6.70. The van der Waals surface area contributed by atoms with Gasteiger partial charge in [0.1, 0.15) is 4.75 Å². The fourth-order valence-corrected chi connectivity index (χ4v) is 7.39. The third-order valence-corrected chi connectivity index (χ3v) is 8.98. The lowest BCUT2D eigenvalue weighted by molar-refractivity contribution is 0.0856. The van der Waals surface area contributed by atoms with Gasteiger partial charge in [-0.25, -0.2) is 12.8 Å². The molecule has 0 aromatic heterocycles. The van der Waals surface area contributed by atoms with E-state index in [1.54, 1.807) is 18.2 Å². The Morgan fingerprint density at radius 2 is 1.96 bits per heavy atom. The molecule has 27 heavy (non-hydrogen) atoms. The first-order chi connectivity index (χ1) is 12.8. The van der Waals surface area contributed by atoms with E-state index >= 15 is 0 Å². The fourth-order valence-electron chi connectivity index (χ4n) is 4.34. The van der Waals surface area contributed by atoms with E-state index in [1.807, 2.05) is 7.05 Å². The summed E-state index contributed by atoms with van der Waals surface area (Å²) in [4.78, 5) is 2.29. The van der Waals surface area contributed by atoms with Gasteiger partial charge in [-0.15, -0.1) is 9.24 Å². The van der Waals surface area contributed by atoms with Crippen LogP contribution >= 0.6 is 20.8 Å². The van der Waals surface area contributed by atoms with Gasteiger partial charge in [-0.1, -0.05) is 17.7 Å². The minimum Gasteiger partial charge on any atom is -0.490 e. The van der Waals surface area contributed by atoms with Gasteiger partial charge in [0, 0.05) is 23.0 Å². The zero-order valence-corrected chi connectivity index (χ0v) is 17.5. The number of benzene rings is 2. The molecule has 4 rings (SSSR count). The monoisotopic (exact) mass is 427 g/mol. The van der Waals surface area contributed by atoms with E-state index in [4.69, 9.17) is 16.3 Å². The quantitative estimate of drug-likeness (QED) is 0.691. The summed E-state index contributed by atoms with van der Waals surface area (Å²) in [6, 6.07) is 9.11. The van der Waals surface area contributed by atoms with Crippen LogP contribution in [0.1, 0.15) is 12.0 Å². The van der Waals surface area contributed by atoms with Crippen molar-refractivity contribution >= 4 is 36.0 Å². The normalized spacial score (nSPS) is 25.4. The van der Waals surface area contributed by atoms with E-state index in [2.05, 4.69) is 14.1 Å². The smallest absolute Gasteiger partial charge is 0.188 e. The molecule has 2 aliphatic heterocycles. The van der Waals surface area contributed by atoms with Crippen LogP contribution in [-0.4, -0.2) is 40.1 Å². The van der Waals surface area contributed by atoms with Crippen LogP contribution in [0, 0.1) is 11.7 Å². The molecule has 2 aromatic rings. The molecule has 2 unspecified atom stereocenters. The van der Waals surface area contributed by atoms with Crippen LogP contribution < -0.4 is 10.0 Å². The van der Waals surface area contributed by atoms with Crippen molar-refractivity contribution < 1.29 is 17.5 Å². The molecule has 2 aromatic carbocycles. The molecule has 0 saturated carbocycles. The van der Waals surface area contributed by atoms with Gasteiger partial charge in [0.05, 0.1) is 11.5 Å². The number of hydrogen-bond donors (Lipinski definition) is 0. The Labute approximate surface area is 165 Å². The Morgan fingerprint density at radius 1 is 1.26 bits per heavy atom. The first-order valence-electron chi connectivity index (χ1n) is 8.67. The molecule has 8 heteroatoms. The third kappa shape index (κ3) is 2.80. The molecule has 0 aliphatic carbocycles. The first-order valence-corrected chi connectivity index (χ1v) is 11.1. The number of sulfone groups is 1. The number of rotatable bonds is 2. The van der Waals surface area contributed by atoms with Gasteiger partial charge in [-0.05, 0) is 55.6 Å². The van der Waals surface area contributed by atoms with Crippen molar-refractivity contribution in [2.75, 3.05) is 26.7 Å². The van der Waals surface area contributed by atoms with Crippen molar-refractivity contribution in [2.24, 2.45) is 5.92 Å². The highest BCUT2D eigenvalue weighted by Crippen LogP contribution is 2.53. The molecule has 1 saturated heterocycles. The summed E-state index contributed by atoms with van der Waals surface area (Å²) in [7, 11) is 0.687. The maximum absolute atomic E-state index is 14.5. The zero-order chi connectivity index (χ0) is 19.4. The van der Waals surface area contributed by atoms with Crippen molar-refractivity contribution in [2.45, 2.75) is 16.1 Å². The van der Waals surface area contributed by atoms with E-state index in [-0.39, 0.29) is 23.2 Å². The SMILES string of the molecule is CN1CC[C@@]2(S(=O)(=O)c3ccc(Cl)cc3)c3c(P)ccc(F)c3OCC2C1. The van der Waals surface area contributed by atoms with Crippen molar-refractivity contribution in [3.8, 4) is 5.75 Å². The van der Waals surface area contributed by atoms with E-state index in [9.17, 15) is 12.8 Å². The molecule has 0 radical (unpaired) electrons. The highest BCUT2D eigenvalue weighted by Gasteiger charge is 2.58. The van der Waals surface area contributed by atoms with Gasteiger partial charge in [0.25, 0.3) is 0 Å². The number of fused-ring (bicyclic) bond motifs is 3. The zero-order valence-electron chi connectivity index (χ0n) is 14.8. The van der Waals surface area contributed by atoms with Crippen molar-refractivity contribution in [1.82, 2.24) is 4.90 Å². The summed E-state index contributed by atoms with van der Waals surface area (Å²) < 4.78 is 46.9. The predicted molar refractivity (Wildman–Crippen MR) is 107 cm³/mol. The molecule has 0 amide bonds. The average Bonchev–Trinajstić information content (AvgIpc) is 2.64. The molecule has 4 nitrogen and oxygen atoms in total. The Balaban J connectivity index is 2.02. The van der Waals surface area contributed by atoms with Crippen LogP contribution in [0.4, 0.5) is 4.39 Å². The van der Waals surface area contributed by atoms with Crippen LogP contribution in [0.2, 0.25) is 5.02 Å². The summed E-state index contributed by atoms with van der Waals surface area (Å²) >= 11 is 5.96. The molecular formula is C19H20ClFNO3PS. The topological polar surface area (TPSA) is 46.6 Å². The molecule has 0 spiro atoms. The number of ether oxygens (including phenoxy) is 1. The summed E-state index contributed by atoms with van der Waals surface area (Å²) in [5.74, 6) is -0.773. The van der Waals surface area contributed by atoms with Crippen LogP contribution in [0.5, 0.6) is 5.75 Å². The van der Waals surface area contributed by atoms with Crippen LogP contribution in [0.25, 0.3) is 0 Å². The molecule has 0 N–H and O–H groups in total. The van der Waals surface area contributed by atoms with Crippen molar-refractivity contribution in [1.29, 1.82) is 0 Å². The van der Waals surface area contributed by atoms with E-state index in [1.165, 1.54) is 18.2 Å². The maximum Gasteiger partial charge on any atom is 0.188 e. The Bertz CT molecular complexity index is 999. The number of nitrogens with zero attached hydrogens (tertiary/aromatic N) is 1. The van der Waals surface area contributed by atoms with E-state index < -0.39 is 20.4 Å². The van der Waals surface area contributed by atoms with Gasteiger partial charge in [-0.3, -0.25) is 0 Å². The van der Waals surface area contributed by atoms with Gasteiger partial charge in [0.2, 0.25) is 0 Å². The highest BCUT2D eigenvalue weighted by molar-refractivity contribution is 7.92. The van der Waals surface area contributed by atoms with Gasteiger partial charge < -0.3 is 9.64 Å². The lowest BCUT2D eigenvalue weighted by Gasteiger charge is -2.49. The van der Waals surface area contributed by atoms with E-state index in [0.717, 1.165) is 0 Å². The number of hydrogen-bond acceptors (Lipinski definition) is 4. The Kier molecular flexibility index (Phi) is 4.75. The van der Waals surface area contributed by atoms with Gasteiger partial charge in [0.15, 0.2) is 21.4 Å². The number of halogens is 2. The number of piperidine rings is 1. The highest BCUT2D eigenvalue weighted by atomic mass is 35.5. The molecule has 2 aliphatic rings. The summed E-state index contributed by atoms with van der Waals surface area (Å²) in [5.41, 5.74) is 0.437. The van der Waals surface area contributed by atoms with Crippen LogP contribution in [0.15, 0.2) is 41.3 Å². The molecular weight excluding hydrogens is 408 g/mol. The summed E-state index contributed by atoms with van der Waals surface area (Å²) in [6.45, 7) is 1.32. The largest absolute Gasteiger partial charge is 0.490 e. The first kappa shape index (κ1) is 19.1. The fraction of sp³-hybridized carbons (Fsp3) is 0.368. The summed E-state index contributed by atoms with van der Waals surface area (Å²) in [5, 5.41) is 1.12. The molecule has 144 valence electrons. The van der Waals surface area contributed by atoms with Gasteiger partial charge in [-0.2, -0.15) is 0 Å². The van der Waals surface area contributed by atoms with Crippen LogP contribution in [-0.2, 0) is 14.6 Å². The van der Waals surface area contributed by atoms with Gasteiger partial charge >= 0.3 is 0 Å². The maximum atomic E-state index is 14.5. The lowest BCUT2D eigenvalue weighted by Crippen LogP contribution is -2.58. The second-order valence-corrected chi connectivity index (χ2v) is 10.5. The minimum atomic E-state index is -3.82. The molecule has 1 fully saturated rings. The van der Waals surface area contributed by atoms with Crippen LogP contribution in [0.3, 0.4) is 0 Å².